The van der Waals surface area contributed by atoms with Crippen molar-refractivity contribution >= 4 is 57.1 Å². The van der Waals surface area contributed by atoms with Crippen LogP contribution < -0.4 is 10.9 Å². The van der Waals surface area contributed by atoms with Crippen LogP contribution in [0.5, 0.6) is 0 Å². The van der Waals surface area contributed by atoms with Gasteiger partial charge in [0.2, 0.25) is 0 Å². The van der Waals surface area contributed by atoms with Gasteiger partial charge in [0.1, 0.15) is 5.82 Å². The SMILES string of the molecule is O=C(NCCN1C(=O)S/C(=C/c2cccs2)C1=O)c1ccc2c(=O)n3c(nc2c1)CCCCC3. The molecule has 0 aliphatic carbocycles. The van der Waals surface area contributed by atoms with Gasteiger partial charge in [0.25, 0.3) is 22.6 Å². The number of carbonyl (C=O) groups excluding carboxylic acids is 3. The van der Waals surface area contributed by atoms with Crippen LogP contribution in [-0.2, 0) is 17.8 Å². The van der Waals surface area contributed by atoms with Crippen LogP contribution in [0.2, 0.25) is 0 Å². The molecule has 3 aromatic rings. The molecular weight excluding hydrogens is 472 g/mol. The second-order valence-corrected chi connectivity index (χ2v) is 10.1. The average Bonchev–Trinajstić information content (AvgIpc) is 3.34. The van der Waals surface area contributed by atoms with Crippen molar-refractivity contribution in [2.45, 2.75) is 32.2 Å². The Labute approximate surface area is 203 Å². The predicted molar refractivity (Wildman–Crippen MR) is 133 cm³/mol. The van der Waals surface area contributed by atoms with Gasteiger partial charge in [-0.3, -0.25) is 28.6 Å². The number of aromatic nitrogens is 2. The second-order valence-electron chi connectivity index (χ2n) is 8.13. The molecule has 2 aliphatic heterocycles. The topological polar surface area (TPSA) is 101 Å². The summed E-state index contributed by atoms with van der Waals surface area (Å²) >= 11 is 2.39. The quantitative estimate of drug-likeness (QED) is 0.544. The number of rotatable bonds is 5. The first-order chi connectivity index (χ1) is 16.5. The van der Waals surface area contributed by atoms with E-state index in [0.29, 0.717) is 27.9 Å². The number of benzene rings is 1. The third-order valence-corrected chi connectivity index (χ3v) is 7.62. The molecule has 1 fully saturated rings. The highest BCUT2D eigenvalue weighted by molar-refractivity contribution is 8.18. The lowest BCUT2D eigenvalue weighted by Crippen LogP contribution is -2.37. The van der Waals surface area contributed by atoms with Crippen molar-refractivity contribution in [1.29, 1.82) is 0 Å². The van der Waals surface area contributed by atoms with E-state index in [1.165, 1.54) is 11.3 Å². The maximum Gasteiger partial charge on any atom is 0.293 e. The van der Waals surface area contributed by atoms with E-state index in [1.54, 1.807) is 28.8 Å². The number of nitrogens with one attached hydrogen (secondary N) is 1. The highest BCUT2D eigenvalue weighted by Gasteiger charge is 2.34. The number of nitrogens with zero attached hydrogens (tertiary/aromatic N) is 3. The smallest absolute Gasteiger partial charge is 0.293 e. The average molecular weight is 495 g/mol. The van der Waals surface area contributed by atoms with Crippen LogP contribution >= 0.6 is 23.1 Å². The molecular formula is C24H22N4O4S2. The second kappa shape index (κ2) is 9.55. The molecule has 1 aromatic carbocycles. The molecule has 34 heavy (non-hydrogen) atoms. The summed E-state index contributed by atoms with van der Waals surface area (Å²) in [6, 6.07) is 8.63. The summed E-state index contributed by atoms with van der Waals surface area (Å²) in [6.07, 6.45) is 5.49. The zero-order valence-electron chi connectivity index (χ0n) is 18.3. The van der Waals surface area contributed by atoms with Gasteiger partial charge in [0, 0.05) is 36.5 Å². The molecule has 5 rings (SSSR count). The van der Waals surface area contributed by atoms with Gasteiger partial charge >= 0.3 is 0 Å². The third kappa shape index (κ3) is 4.43. The Balaban J connectivity index is 1.26. The van der Waals surface area contributed by atoms with Gasteiger partial charge < -0.3 is 5.32 Å². The van der Waals surface area contributed by atoms with E-state index in [9.17, 15) is 19.2 Å². The van der Waals surface area contributed by atoms with E-state index in [4.69, 9.17) is 0 Å². The number of thioether (sulfide) groups is 1. The molecule has 2 aromatic heterocycles. The van der Waals surface area contributed by atoms with Gasteiger partial charge in [-0.05, 0) is 60.3 Å². The normalized spacial score (nSPS) is 17.3. The van der Waals surface area contributed by atoms with Crippen LogP contribution in [0.15, 0.2) is 45.4 Å². The molecule has 0 radical (unpaired) electrons. The highest BCUT2D eigenvalue weighted by atomic mass is 32.2. The summed E-state index contributed by atoms with van der Waals surface area (Å²) < 4.78 is 1.75. The van der Waals surface area contributed by atoms with Gasteiger partial charge in [-0.25, -0.2) is 4.98 Å². The summed E-state index contributed by atoms with van der Waals surface area (Å²) in [4.78, 5) is 57.5. The van der Waals surface area contributed by atoms with Crippen molar-refractivity contribution in [3.05, 3.63) is 67.2 Å². The van der Waals surface area contributed by atoms with E-state index < -0.39 is 0 Å². The predicted octanol–water partition coefficient (Wildman–Crippen LogP) is 3.65. The van der Waals surface area contributed by atoms with Gasteiger partial charge in [-0.15, -0.1) is 11.3 Å². The fourth-order valence-electron chi connectivity index (χ4n) is 4.14. The van der Waals surface area contributed by atoms with Crippen LogP contribution in [0, 0.1) is 0 Å². The molecule has 2 aliphatic rings. The van der Waals surface area contributed by atoms with E-state index in [-0.39, 0.29) is 35.7 Å². The summed E-state index contributed by atoms with van der Waals surface area (Å²) in [5.74, 6) is 0.0658. The fraction of sp³-hybridized carbons (Fsp3) is 0.292. The van der Waals surface area contributed by atoms with Crippen molar-refractivity contribution in [1.82, 2.24) is 19.8 Å². The molecule has 1 saturated heterocycles. The first-order valence-corrected chi connectivity index (χ1v) is 12.8. The van der Waals surface area contributed by atoms with Crippen LogP contribution in [0.3, 0.4) is 0 Å². The van der Waals surface area contributed by atoms with Gasteiger partial charge in [0.05, 0.1) is 15.8 Å². The summed E-state index contributed by atoms with van der Waals surface area (Å²) in [7, 11) is 0. The minimum Gasteiger partial charge on any atom is -0.350 e. The van der Waals surface area contributed by atoms with E-state index in [1.807, 2.05) is 17.5 Å². The Kier molecular flexibility index (Phi) is 6.34. The lowest BCUT2D eigenvalue weighted by Gasteiger charge is -2.13. The van der Waals surface area contributed by atoms with Crippen LogP contribution in [0.4, 0.5) is 4.79 Å². The number of aryl methyl sites for hydroxylation is 1. The standard InChI is InChI=1S/C24H22N4O4S2/c29-21(25-9-11-28-23(31)19(34-24(28)32)14-16-5-4-12-33-16)15-7-8-17-18(13-15)26-20-6-2-1-3-10-27(20)22(17)30/h4-5,7-8,12-14H,1-3,6,9-11H2,(H,25,29)/b19-14+. The first kappa shape index (κ1) is 22.5. The number of amides is 3. The van der Waals surface area contributed by atoms with E-state index in [0.717, 1.165) is 53.0 Å². The Bertz CT molecular complexity index is 1380. The third-order valence-electron chi connectivity index (χ3n) is 5.89. The highest BCUT2D eigenvalue weighted by Crippen LogP contribution is 2.32. The van der Waals surface area contributed by atoms with Crippen molar-refractivity contribution < 1.29 is 14.4 Å². The molecule has 3 amide bonds. The minimum atomic E-state index is -0.353. The Morgan fingerprint density at radius 1 is 1.15 bits per heavy atom. The lowest BCUT2D eigenvalue weighted by atomic mass is 10.1. The van der Waals surface area contributed by atoms with Crippen LogP contribution in [0.1, 0.15) is 40.3 Å². The van der Waals surface area contributed by atoms with Crippen molar-refractivity contribution in [2.75, 3.05) is 13.1 Å². The number of thiophene rings is 1. The van der Waals surface area contributed by atoms with Gasteiger partial charge in [-0.1, -0.05) is 12.5 Å². The molecule has 0 bridgehead atoms. The molecule has 0 unspecified atom stereocenters. The summed E-state index contributed by atoms with van der Waals surface area (Å²) in [6.45, 7) is 0.885. The first-order valence-electron chi connectivity index (χ1n) is 11.1. The summed E-state index contributed by atoms with van der Waals surface area (Å²) in [5.41, 5.74) is 0.823. The number of fused-ring (bicyclic) bond motifs is 2. The molecule has 174 valence electrons. The van der Waals surface area contributed by atoms with Crippen LogP contribution in [-0.4, -0.2) is 44.6 Å². The molecule has 10 heteroatoms. The molecule has 0 atom stereocenters. The molecule has 1 N–H and O–H groups in total. The van der Waals surface area contributed by atoms with E-state index in [2.05, 4.69) is 10.3 Å². The maximum absolute atomic E-state index is 12.9. The molecule has 0 spiro atoms. The maximum atomic E-state index is 12.9. The van der Waals surface area contributed by atoms with Crippen molar-refractivity contribution in [2.24, 2.45) is 0 Å². The molecule has 8 nitrogen and oxygen atoms in total. The Morgan fingerprint density at radius 2 is 2.03 bits per heavy atom. The summed E-state index contributed by atoms with van der Waals surface area (Å²) in [5, 5.41) is 4.81. The minimum absolute atomic E-state index is 0.0659. The fourth-order valence-corrected chi connectivity index (χ4v) is 5.73. The molecule has 0 saturated carbocycles. The van der Waals surface area contributed by atoms with Crippen molar-refractivity contribution in [3.63, 3.8) is 0 Å². The zero-order valence-corrected chi connectivity index (χ0v) is 19.9. The van der Waals surface area contributed by atoms with E-state index >= 15 is 0 Å². The lowest BCUT2D eigenvalue weighted by molar-refractivity contribution is -0.122. The van der Waals surface area contributed by atoms with Gasteiger partial charge in [0.15, 0.2) is 0 Å². The van der Waals surface area contributed by atoms with Crippen LogP contribution in [0.25, 0.3) is 17.0 Å². The largest absolute Gasteiger partial charge is 0.350 e. The molecule has 4 heterocycles. The zero-order chi connectivity index (χ0) is 23.7. The number of hydrogen-bond acceptors (Lipinski definition) is 7. The Morgan fingerprint density at radius 3 is 2.85 bits per heavy atom. The monoisotopic (exact) mass is 494 g/mol. The number of hydrogen-bond donors (Lipinski definition) is 1. The Hall–Kier alpha value is -3.24. The van der Waals surface area contributed by atoms with Crippen molar-refractivity contribution in [3.8, 4) is 0 Å². The number of imide groups is 1. The number of carbonyl (C=O) groups is 3. The van der Waals surface area contributed by atoms with Gasteiger partial charge in [-0.2, -0.15) is 0 Å².